The van der Waals surface area contributed by atoms with Crippen molar-refractivity contribution >= 4 is 5.69 Å². The highest BCUT2D eigenvalue weighted by molar-refractivity contribution is 5.49. The highest BCUT2D eigenvalue weighted by Crippen LogP contribution is 2.23. The topological polar surface area (TPSA) is 21.3 Å². The zero-order valence-electron chi connectivity index (χ0n) is 8.57. The quantitative estimate of drug-likeness (QED) is 0.812. The van der Waals surface area contributed by atoms with Gasteiger partial charge in [0.25, 0.3) is 0 Å². The fraction of sp³-hybridized carbons (Fsp3) is 0.400. The molecule has 0 spiro atoms. The number of benzene rings is 1. The van der Waals surface area contributed by atoms with Crippen LogP contribution in [0.15, 0.2) is 18.2 Å². The van der Waals surface area contributed by atoms with Crippen LogP contribution in [0.3, 0.4) is 0 Å². The molecule has 0 aliphatic carbocycles. The van der Waals surface area contributed by atoms with Crippen LogP contribution < -0.4 is 10.1 Å². The van der Waals surface area contributed by atoms with E-state index in [1.807, 2.05) is 0 Å². The van der Waals surface area contributed by atoms with Crippen molar-refractivity contribution in [2.45, 2.75) is 12.6 Å². The van der Waals surface area contributed by atoms with Gasteiger partial charge >= 0.3 is 6.18 Å². The zero-order valence-corrected chi connectivity index (χ0v) is 8.57. The molecule has 2 nitrogen and oxygen atoms in total. The molecule has 0 bridgehead atoms. The highest BCUT2D eigenvalue weighted by Gasteiger charge is 2.26. The first kappa shape index (κ1) is 12.6. The van der Waals surface area contributed by atoms with E-state index < -0.39 is 18.4 Å². The normalized spacial score (nSPS) is 11.3. The van der Waals surface area contributed by atoms with E-state index in [1.54, 1.807) is 0 Å². The summed E-state index contributed by atoms with van der Waals surface area (Å²) in [5.74, 6) is -0.223. The van der Waals surface area contributed by atoms with Gasteiger partial charge in [-0.15, -0.1) is 0 Å². The zero-order chi connectivity index (χ0) is 12.2. The Morgan fingerprint density at radius 2 is 2.00 bits per heavy atom. The average Bonchev–Trinajstić information content (AvgIpc) is 2.19. The number of rotatable bonds is 4. The molecule has 1 aromatic rings. The van der Waals surface area contributed by atoms with E-state index in [0.717, 1.165) is 6.07 Å². The second-order valence-corrected chi connectivity index (χ2v) is 3.14. The molecule has 1 aromatic carbocycles. The molecule has 0 aromatic heterocycles. The Kier molecular flexibility index (Phi) is 3.98. The van der Waals surface area contributed by atoms with E-state index in [1.165, 1.54) is 19.2 Å². The summed E-state index contributed by atoms with van der Waals surface area (Å²) in [6.45, 7) is -0.367. The molecule has 0 aliphatic rings. The maximum absolute atomic E-state index is 13.1. The Balaban J connectivity index is 2.59. The largest absolute Gasteiger partial charge is 0.497 e. The van der Waals surface area contributed by atoms with Gasteiger partial charge in [-0.05, 0) is 12.1 Å². The number of methoxy groups -OCH3 is 1. The molecule has 1 rings (SSSR count). The van der Waals surface area contributed by atoms with Crippen molar-refractivity contribution in [3.8, 4) is 5.75 Å². The van der Waals surface area contributed by atoms with Crippen LogP contribution >= 0.6 is 0 Å². The van der Waals surface area contributed by atoms with Crippen LogP contribution in [0.1, 0.15) is 6.42 Å². The second-order valence-electron chi connectivity index (χ2n) is 3.14. The molecular weight excluding hydrogens is 226 g/mol. The van der Waals surface area contributed by atoms with E-state index in [0.29, 0.717) is 5.75 Å². The lowest BCUT2D eigenvalue weighted by atomic mass is 10.2. The fourth-order valence-corrected chi connectivity index (χ4v) is 1.11. The number of ether oxygens (including phenoxy) is 1. The van der Waals surface area contributed by atoms with E-state index >= 15 is 0 Å². The van der Waals surface area contributed by atoms with Gasteiger partial charge in [0.2, 0.25) is 0 Å². The van der Waals surface area contributed by atoms with Gasteiger partial charge in [0, 0.05) is 12.6 Å². The molecule has 0 saturated heterocycles. The summed E-state index contributed by atoms with van der Waals surface area (Å²) < 4.78 is 53.5. The first-order valence-electron chi connectivity index (χ1n) is 4.56. The van der Waals surface area contributed by atoms with Crippen molar-refractivity contribution < 1.29 is 22.3 Å². The van der Waals surface area contributed by atoms with Crippen molar-refractivity contribution in [1.29, 1.82) is 0 Å². The van der Waals surface area contributed by atoms with Gasteiger partial charge in [0.05, 0.1) is 19.2 Å². The molecule has 0 heterocycles. The van der Waals surface area contributed by atoms with Crippen LogP contribution in [0, 0.1) is 5.82 Å². The molecule has 0 aliphatic heterocycles. The molecular formula is C10H11F4NO. The van der Waals surface area contributed by atoms with Crippen molar-refractivity contribution in [1.82, 2.24) is 0 Å². The lowest BCUT2D eigenvalue weighted by Gasteiger charge is -2.10. The van der Waals surface area contributed by atoms with E-state index in [9.17, 15) is 17.6 Å². The van der Waals surface area contributed by atoms with Gasteiger partial charge in [-0.1, -0.05) is 0 Å². The van der Waals surface area contributed by atoms with Gasteiger partial charge in [-0.2, -0.15) is 13.2 Å². The van der Waals surface area contributed by atoms with Crippen molar-refractivity contribution in [2.24, 2.45) is 0 Å². The third-order valence-corrected chi connectivity index (χ3v) is 1.90. The fourth-order valence-electron chi connectivity index (χ4n) is 1.11. The third-order valence-electron chi connectivity index (χ3n) is 1.90. The number of nitrogens with one attached hydrogen (secondary N) is 1. The minimum atomic E-state index is -4.25. The first-order valence-corrected chi connectivity index (χ1v) is 4.56. The molecule has 0 atom stereocenters. The van der Waals surface area contributed by atoms with Crippen LogP contribution in [0.2, 0.25) is 0 Å². The van der Waals surface area contributed by atoms with Crippen LogP contribution in [-0.2, 0) is 0 Å². The molecule has 0 fully saturated rings. The summed E-state index contributed by atoms with van der Waals surface area (Å²) in [5.41, 5.74) is 0.00333. The van der Waals surface area contributed by atoms with E-state index in [2.05, 4.69) is 5.32 Å². The van der Waals surface area contributed by atoms with Crippen LogP contribution in [-0.4, -0.2) is 19.8 Å². The summed E-state index contributed by atoms with van der Waals surface area (Å²) in [6.07, 6.45) is -5.26. The monoisotopic (exact) mass is 237 g/mol. The van der Waals surface area contributed by atoms with Gasteiger partial charge in [-0.3, -0.25) is 0 Å². The van der Waals surface area contributed by atoms with Crippen molar-refractivity contribution in [3.63, 3.8) is 0 Å². The molecule has 90 valence electrons. The Hall–Kier alpha value is -1.46. The minimum Gasteiger partial charge on any atom is -0.497 e. The third kappa shape index (κ3) is 3.96. The van der Waals surface area contributed by atoms with Crippen LogP contribution in [0.25, 0.3) is 0 Å². The predicted octanol–water partition coefficient (Wildman–Crippen LogP) is 3.20. The van der Waals surface area contributed by atoms with Crippen molar-refractivity contribution in [3.05, 3.63) is 24.0 Å². The molecule has 0 unspecified atom stereocenters. The van der Waals surface area contributed by atoms with Gasteiger partial charge in [0.1, 0.15) is 11.6 Å². The Morgan fingerprint density at radius 1 is 1.31 bits per heavy atom. The predicted molar refractivity (Wildman–Crippen MR) is 52.1 cm³/mol. The summed E-state index contributed by atoms with van der Waals surface area (Å²) >= 11 is 0. The van der Waals surface area contributed by atoms with Gasteiger partial charge in [-0.25, -0.2) is 4.39 Å². The van der Waals surface area contributed by atoms with E-state index in [-0.39, 0.29) is 12.2 Å². The van der Waals surface area contributed by atoms with Gasteiger partial charge in [0.15, 0.2) is 0 Å². The number of hydrogen-bond donors (Lipinski definition) is 1. The number of hydrogen-bond acceptors (Lipinski definition) is 2. The molecule has 0 saturated carbocycles. The minimum absolute atomic E-state index is 0.00333. The summed E-state index contributed by atoms with van der Waals surface area (Å²) in [6, 6.07) is 3.84. The summed E-state index contributed by atoms with van der Waals surface area (Å²) in [5, 5.41) is 2.37. The van der Waals surface area contributed by atoms with Crippen LogP contribution in [0.5, 0.6) is 5.75 Å². The maximum atomic E-state index is 13.1. The molecule has 0 amide bonds. The van der Waals surface area contributed by atoms with Crippen LogP contribution in [0.4, 0.5) is 23.2 Å². The standard InChI is InChI=1S/C10H11F4NO/c1-16-7-2-3-8(11)9(6-7)15-5-4-10(12,13)14/h2-3,6,15H,4-5H2,1H3. The molecule has 16 heavy (non-hydrogen) atoms. The average molecular weight is 237 g/mol. The van der Waals surface area contributed by atoms with Gasteiger partial charge < -0.3 is 10.1 Å². The summed E-state index contributed by atoms with van der Waals surface area (Å²) in [4.78, 5) is 0. The highest BCUT2D eigenvalue weighted by atomic mass is 19.4. The Bertz CT molecular complexity index is 351. The smallest absolute Gasteiger partial charge is 0.390 e. The lowest BCUT2D eigenvalue weighted by molar-refractivity contribution is -0.131. The number of anilines is 1. The maximum Gasteiger partial charge on any atom is 0.390 e. The first-order chi connectivity index (χ1) is 7.42. The molecule has 0 radical (unpaired) electrons. The Labute approximate surface area is 90.2 Å². The number of halogens is 4. The lowest BCUT2D eigenvalue weighted by Crippen LogP contribution is -2.15. The molecule has 6 heteroatoms. The van der Waals surface area contributed by atoms with E-state index in [4.69, 9.17) is 4.74 Å². The molecule has 1 N–H and O–H groups in total. The Morgan fingerprint density at radius 3 is 2.56 bits per heavy atom. The number of alkyl halides is 3. The van der Waals surface area contributed by atoms with Crippen molar-refractivity contribution in [2.75, 3.05) is 19.0 Å². The summed E-state index contributed by atoms with van der Waals surface area (Å²) in [7, 11) is 1.40. The second kappa shape index (κ2) is 5.05. The SMILES string of the molecule is COc1ccc(F)c(NCCC(F)(F)F)c1.